The van der Waals surface area contributed by atoms with Crippen molar-refractivity contribution in [2.45, 2.75) is 122 Å². The highest BCUT2D eigenvalue weighted by Gasteiger charge is 2.19. The summed E-state index contributed by atoms with van der Waals surface area (Å²) in [5, 5.41) is 22.3. The van der Waals surface area contributed by atoms with Crippen LogP contribution in [0.15, 0.2) is 0 Å². The van der Waals surface area contributed by atoms with Gasteiger partial charge in [0, 0.05) is 6.42 Å². The molecule has 0 fully saturated rings. The normalized spacial score (nSPS) is 13.6. The molecular formula is C21H43NO3. The van der Waals surface area contributed by atoms with E-state index in [0.29, 0.717) is 12.8 Å². The zero-order valence-electron chi connectivity index (χ0n) is 16.8. The van der Waals surface area contributed by atoms with E-state index in [1.807, 2.05) is 6.92 Å². The van der Waals surface area contributed by atoms with E-state index in [-0.39, 0.29) is 12.5 Å². The zero-order valence-corrected chi connectivity index (χ0v) is 16.8. The summed E-state index contributed by atoms with van der Waals surface area (Å²) in [5.41, 5.74) is 0. The van der Waals surface area contributed by atoms with Gasteiger partial charge in [-0.2, -0.15) is 0 Å². The van der Waals surface area contributed by atoms with E-state index in [1.165, 1.54) is 57.8 Å². The Labute approximate surface area is 155 Å². The van der Waals surface area contributed by atoms with Crippen molar-refractivity contribution in [2.75, 3.05) is 6.61 Å². The van der Waals surface area contributed by atoms with Gasteiger partial charge in [0.2, 0.25) is 5.91 Å². The van der Waals surface area contributed by atoms with E-state index in [4.69, 9.17) is 0 Å². The first-order valence-electron chi connectivity index (χ1n) is 10.7. The summed E-state index contributed by atoms with van der Waals surface area (Å²) in [7, 11) is 0. The molecule has 2 unspecified atom stereocenters. The zero-order chi connectivity index (χ0) is 18.8. The minimum absolute atomic E-state index is 0.0705. The standard InChI is InChI=1S/C21H43NO3/c1-3-5-7-8-9-10-11-12-13-14-15-16-20(24)19(18-23)22-21(25)17-6-4-2/h19-20,23-24H,3-18H2,1-2H3,(H,22,25). The molecule has 4 heteroatoms. The Morgan fingerprint density at radius 2 is 1.28 bits per heavy atom. The van der Waals surface area contributed by atoms with Crippen LogP contribution in [0.25, 0.3) is 0 Å². The van der Waals surface area contributed by atoms with Crippen LogP contribution < -0.4 is 5.32 Å². The summed E-state index contributed by atoms with van der Waals surface area (Å²) in [4.78, 5) is 11.7. The Balaban J connectivity index is 3.57. The van der Waals surface area contributed by atoms with Gasteiger partial charge < -0.3 is 15.5 Å². The predicted molar refractivity (Wildman–Crippen MR) is 106 cm³/mol. The number of hydrogen-bond donors (Lipinski definition) is 3. The number of amides is 1. The molecule has 1 amide bonds. The largest absolute Gasteiger partial charge is 0.394 e. The third kappa shape index (κ3) is 15.4. The molecule has 3 N–H and O–H groups in total. The lowest BCUT2D eigenvalue weighted by molar-refractivity contribution is -0.123. The molecule has 0 aromatic heterocycles. The maximum absolute atomic E-state index is 11.7. The summed E-state index contributed by atoms with van der Waals surface area (Å²) in [6, 6.07) is -0.521. The topological polar surface area (TPSA) is 69.6 Å². The van der Waals surface area contributed by atoms with Crippen LogP contribution in [0.4, 0.5) is 0 Å². The molecule has 0 saturated heterocycles. The van der Waals surface area contributed by atoms with Crippen molar-refractivity contribution in [3.63, 3.8) is 0 Å². The van der Waals surface area contributed by atoms with Crippen LogP contribution in [0.3, 0.4) is 0 Å². The molecule has 0 aliphatic heterocycles. The second kappa shape index (κ2) is 18.2. The maximum Gasteiger partial charge on any atom is 0.220 e. The smallest absolute Gasteiger partial charge is 0.220 e. The number of hydrogen-bond acceptors (Lipinski definition) is 3. The number of aliphatic hydroxyl groups excluding tert-OH is 2. The van der Waals surface area contributed by atoms with Crippen LogP contribution in [0.1, 0.15) is 110 Å². The Kier molecular flexibility index (Phi) is 17.7. The minimum atomic E-state index is -0.644. The average Bonchev–Trinajstić information content (AvgIpc) is 2.62. The van der Waals surface area contributed by atoms with Gasteiger partial charge in [0.05, 0.1) is 18.8 Å². The van der Waals surface area contributed by atoms with Crippen molar-refractivity contribution >= 4 is 5.91 Å². The fraction of sp³-hybridized carbons (Fsp3) is 0.952. The molecular weight excluding hydrogens is 314 g/mol. The molecule has 0 aromatic carbocycles. The SMILES string of the molecule is CCCCCCCCCCCCCC(O)C(CO)NC(=O)CCCC. The summed E-state index contributed by atoms with van der Waals surface area (Å²) >= 11 is 0. The van der Waals surface area contributed by atoms with Crippen LogP contribution in [-0.2, 0) is 4.79 Å². The summed E-state index contributed by atoms with van der Waals surface area (Å²) in [5.74, 6) is -0.0705. The predicted octanol–water partition coefficient (Wildman–Crippen LogP) is 4.72. The first-order chi connectivity index (χ1) is 12.2. The molecule has 25 heavy (non-hydrogen) atoms. The monoisotopic (exact) mass is 357 g/mol. The van der Waals surface area contributed by atoms with Crippen molar-refractivity contribution in [1.82, 2.24) is 5.32 Å². The van der Waals surface area contributed by atoms with Gasteiger partial charge in [-0.15, -0.1) is 0 Å². The van der Waals surface area contributed by atoms with Crippen LogP contribution in [0.5, 0.6) is 0 Å². The fourth-order valence-corrected chi connectivity index (χ4v) is 3.10. The van der Waals surface area contributed by atoms with Crippen molar-refractivity contribution in [1.29, 1.82) is 0 Å². The molecule has 4 nitrogen and oxygen atoms in total. The van der Waals surface area contributed by atoms with Crippen LogP contribution in [0, 0.1) is 0 Å². The van der Waals surface area contributed by atoms with E-state index in [2.05, 4.69) is 12.2 Å². The minimum Gasteiger partial charge on any atom is -0.394 e. The van der Waals surface area contributed by atoms with Gasteiger partial charge >= 0.3 is 0 Å². The molecule has 0 aromatic rings. The van der Waals surface area contributed by atoms with Gasteiger partial charge in [-0.05, 0) is 12.8 Å². The van der Waals surface area contributed by atoms with Crippen molar-refractivity contribution in [3.05, 3.63) is 0 Å². The Hall–Kier alpha value is -0.610. The fourth-order valence-electron chi connectivity index (χ4n) is 3.10. The highest BCUT2D eigenvalue weighted by atomic mass is 16.3. The second-order valence-corrected chi connectivity index (χ2v) is 7.35. The molecule has 0 aliphatic carbocycles. The van der Waals surface area contributed by atoms with Crippen LogP contribution >= 0.6 is 0 Å². The van der Waals surface area contributed by atoms with Crippen molar-refractivity contribution < 1.29 is 15.0 Å². The van der Waals surface area contributed by atoms with Crippen LogP contribution in [0.2, 0.25) is 0 Å². The van der Waals surface area contributed by atoms with E-state index < -0.39 is 12.1 Å². The Morgan fingerprint density at radius 1 is 0.800 bits per heavy atom. The molecule has 0 bridgehead atoms. The highest BCUT2D eigenvalue weighted by molar-refractivity contribution is 5.76. The van der Waals surface area contributed by atoms with Crippen LogP contribution in [-0.4, -0.2) is 34.9 Å². The van der Waals surface area contributed by atoms with Gasteiger partial charge in [-0.1, -0.05) is 90.9 Å². The first kappa shape index (κ1) is 24.4. The van der Waals surface area contributed by atoms with E-state index >= 15 is 0 Å². The number of aliphatic hydroxyl groups is 2. The summed E-state index contributed by atoms with van der Waals surface area (Å²) < 4.78 is 0. The number of carbonyl (C=O) groups is 1. The maximum atomic E-state index is 11.7. The second-order valence-electron chi connectivity index (χ2n) is 7.35. The average molecular weight is 358 g/mol. The molecule has 0 aliphatic rings. The number of unbranched alkanes of at least 4 members (excludes halogenated alkanes) is 11. The number of rotatable bonds is 18. The third-order valence-electron chi connectivity index (χ3n) is 4.87. The van der Waals surface area contributed by atoms with Gasteiger partial charge in [-0.3, -0.25) is 4.79 Å². The molecule has 150 valence electrons. The lowest BCUT2D eigenvalue weighted by Crippen LogP contribution is -2.45. The summed E-state index contributed by atoms with van der Waals surface area (Å²) in [6.45, 7) is 4.09. The quantitative estimate of drug-likeness (QED) is 0.311. The summed E-state index contributed by atoms with van der Waals surface area (Å²) in [6.07, 6.45) is 16.4. The molecule has 2 atom stereocenters. The first-order valence-corrected chi connectivity index (χ1v) is 10.7. The lowest BCUT2D eigenvalue weighted by Gasteiger charge is -2.22. The Bertz CT molecular complexity index is 297. The molecule has 0 heterocycles. The lowest BCUT2D eigenvalue weighted by atomic mass is 10.0. The van der Waals surface area contributed by atoms with E-state index in [0.717, 1.165) is 25.7 Å². The van der Waals surface area contributed by atoms with E-state index in [9.17, 15) is 15.0 Å². The van der Waals surface area contributed by atoms with Gasteiger partial charge in [0.25, 0.3) is 0 Å². The molecule has 0 radical (unpaired) electrons. The molecule has 0 spiro atoms. The number of carbonyl (C=O) groups excluding carboxylic acids is 1. The van der Waals surface area contributed by atoms with E-state index in [1.54, 1.807) is 0 Å². The van der Waals surface area contributed by atoms with Gasteiger partial charge in [0.1, 0.15) is 0 Å². The van der Waals surface area contributed by atoms with Gasteiger partial charge in [-0.25, -0.2) is 0 Å². The third-order valence-corrected chi connectivity index (χ3v) is 4.87. The number of nitrogens with one attached hydrogen (secondary N) is 1. The van der Waals surface area contributed by atoms with Crippen molar-refractivity contribution in [3.8, 4) is 0 Å². The van der Waals surface area contributed by atoms with Crippen molar-refractivity contribution in [2.24, 2.45) is 0 Å². The Morgan fingerprint density at radius 3 is 1.76 bits per heavy atom. The molecule has 0 saturated carbocycles. The highest BCUT2D eigenvalue weighted by Crippen LogP contribution is 2.13. The van der Waals surface area contributed by atoms with Gasteiger partial charge in [0.15, 0.2) is 0 Å². The molecule has 0 rings (SSSR count).